The van der Waals surface area contributed by atoms with Crippen LogP contribution >= 0.6 is 0 Å². The predicted molar refractivity (Wildman–Crippen MR) is 97.3 cm³/mol. The van der Waals surface area contributed by atoms with Crippen LogP contribution < -0.4 is 10.1 Å². The highest BCUT2D eigenvalue weighted by Gasteiger charge is 2.28. The minimum Gasteiger partial charge on any atom is -0.497 e. The number of aromatic nitrogens is 2. The second-order valence-corrected chi connectivity index (χ2v) is 8.37. The topological polar surface area (TPSA) is 115 Å². The van der Waals surface area contributed by atoms with Gasteiger partial charge in [0, 0.05) is 24.6 Å². The highest BCUT2D eigenvalue weighted by Crippen LogP contribution is 2.23. The molecule has 3 rings (SSSR count). The zero-order valence-electron chi connectivity index (χ0n) is 15.2. The fourth-order valence-corrected chi connectivity index (χ4v) is 3.83. The van der Waals surface area contributed by atoms with E-state index in [1.165, 1.54) is 10.6 Å². The van der Waals surface area contributed by atoms with Crippen LogP contribution in [0.2, 0.25) is 0 Å². The van der Waals surface area contributed by atoms with E-state index in [9.17, 15) is 13.2 Å². The second kappa shape index (κ2) is 8.05. The zero-order valence-corrected chi connectivity index (χ0v) is 16.0. The monoisotopic (exact) mass is 394 g/mol. The van der Waals surface area contributed by atoms with Crippen LogP contribution in [0.15, 0.2) is 28.7 Å². The third-order valence-corrected chi connectivity index (χ3v) is 5.79. The Morgan fingerprint density at radius 2 is 2.07 bits per heavy atom. The summed E-state index contributed by atoms with van der Waals surface area (Å²) < 4.78 is 35.2. The van der Waals surface area contributed by atoms with Crippen molar-refractivity contribution in [1.82, 2.24) is 19.8 Å². The van der Waals surface area contributed by atoms with Crippen molar-refractivity contribution in [2.75, 3.05) is 26.5 Å². The average Bonchev–Trinajstić information content (AvgIpc) is 3.14. The van der Waals surface area contributed by atoms with Gasteiger partial charge in [0.15, 0.2) is 0 Å². The number of carbonyl (C=O) groups is 1. The highest BCUT2D eigenvalue weighted by atomic mass is 32.2. The first-order valence-corrected chi connectivity index (χ1v) is 10.4. The number of rotatable bonds is 6. The molecule has 0 saturated carbocycles. The first-order valence-electron chi connectivity index (χ1n) is 8.56. The number of piperidine rings is 1. The molecule has 27 heavy (non-hydrogen) atoms. The Kier molecular flexibility index (Phi) is 5.76. The third-order valence-electron chi connectivity index (χ3n) is 4.49. The van der Waals surface area contributed by atoms with Gasteiger partial charge in [-0.1, -0.05) is 6.07 Å². The summed E-state index contributed by atoms with van der Waals surface area (Å²) in [6, 6.07) is 7.25. The Bertz CT molecular complexity index is 904. The predicted octanol–water partition coefficient (Wildman–Crippen LogP) is 1.03. The molecular formula is C17H22N4O5S. The highest BCUT2D eigenvalue weighted by molar-refractivity contribution is 7.88. The van der Waals surface area contributed by atoms with Crippen molar-refractivity contribution in [2.24, 2.45) is 5.92 Å². The molecule has 1 fully saturated rings. The van der Waals surface area contributed by atoms with Gasteiger partial charge in [0.05, 0.1) is 19.9 Å². The fourth-order valence-electron chi connectivity index (χ4n) is 2.95. The molecule has 9 nitrogen and oxygen atoms in total. The maximum Gasteiger partial charge on any atom is 0.247 e. The molecule has 0 spiro atoms. The van der Waals surface area contributed by atoms with E-state index in [1.54, 1.807) is 13.2 Å². The molecular weight excluding hydrogens is 372 g/mol. The number of sulfonamides is 1. The number of hydrogen-bond donors (Lipinski definition) is 1. The summed E-state index contributed by atoms with van der Waals surface area (Å²) in [5.41, 5.74) is 0.729. The number of carbonyl (C=O) groups excluding carboxylic acids is 1. The number of nitrogens with zero attached hydrogens (tertiary/aromatic N) is 3. The minimum atomic E-state index is -3.20. The lowest BCUT2D eigenvalue weighted by molar-refractivity contribution is -0.126. The molecule has 0 radical (unpaired) electrons. The molecule has 1 N–H and O–H groups in total. The van der Waals surface area contributed by atoms with Crippen LogP contribution in [-0.2, 0) is 21.4 Å². The van der Waals surface area contributed by atoms with Gasteiger partial charge in [0.25, 0.3) is 0 Å². The van der Waals surface area contributed by atoms with Gasteiger partial charge >= 0.3 is 0 Å². The normalized spacial score (nSPS) is 16.2. The summed E-state index contributed by atoms with van der Waals surface area (Å²) >= 11 is 0. The van der Waals surface area contributed by atoms with Crippen LogP contribution in [0.4, 0.5) is 0 Å². The van der Waals surface area contributed by atoms with Crippen LogP contribution in [-0.4, -0.2) is 55.3 Å². The molecule has 0 aliphatic carbocycles. The van der Waals surface area contributed by atoms with E-state index in [2.05, 4.69) is 15.5 Å². The minimum absolute atomic E-state index is 0.127. The first kappa shape index (κ1) is 19.3. The molecule has 1 aliphatic heterocycles. The van der Waals surface area contributed by atoms with E-state index in [-0.39, 0.29) is 18.4 Å². The Morgan fingerprint density at radius 1 is 1.33 bits per heavy atom. The summed E-state index contributed by atoms with van der Waals surface area (Å²) in [7, 11) is -1.62. The largest absolute Gasteiger partial charge is 0.497 e. The molecule has 2 heterocycles. The summed E-state index contributed by atoms with van der Waals surface area (Å²) in [6.45, 7) is 0.844. The zero-order chi connectivity index (χ0) is 19.4. The van der Waals surface area contributed by atoms with Crippen molar-refractivity contribution < 1.29 is 22.4 Å². The van der Waals surface area contributed by atoms with Gasteiger partial charge in [-0.25, -0.2) is 12.7 Å². The van der Waals surface area contributed by atoms with Crippen LogP contribution in [0, 0.1) is 5.92 Å². The van der Waals surface area contributed by atoms with E-state index in [1.807, 2.05) is 18.2 Å². The first-order chi connectivity index (χ1) is 12.9. The number of amides is 1. The summed E-state index contributed by atoms with van der Waals surface area (Å²) in [4.78, 5) is 12.3. The van der Waals surface area contributed by atoms with Crippen LogP contribution in [0.5, 0.6) is 5.75 Å². The quantitative estimate of drug-likeness (QED) is 0.778. The van der Waals surface area contributed by atoms with Crippen molar-refractivity contribution in [2.45, 2.75) is 19.4 Å². The lowest BCUT2D eigenvalue weighted by Gasteiger charge is -2.29. The van der Waals surface area contributed by atoms with E-state index < -0.39 is 10.0 Å². The molecule has 1 aliphatic rings. The van der Waals surface area contributed by atoms with Crippen LogP contribution in [0.3, 0.4) is 0 Å². The van der Waals surface area contributed by atoms with Crippen molar-refractivity contribution in [1.29, 1.82) is 0 Å². The lowest BCUT2D eigenvalue weighted by Crippen LogP contribution is -2.42. The Morgan fingerprint density at radius 3 is 2.74 bits per heavy atom. The molecule has 1 amide bonds. The Hall–Kier alpha value is -2.46. The second-order valence-electron chi connectivity index (χ2n) is 6.39. The molecule has 10 heteroatoms. The van der Waals surface area contributed by atoms with E-state index >= 15 is 0 Å². The number of nitrogens with one attached hydrogen (secondary N) is 1. The van der Waals surface area contributed by atoms with Crippen molar-refractivity contribution in [3.8, 4) is 17.2 Å². The summed E-state index contributed by atoms with van der Waals surface area (Å²) in [5, 5.41) is 10.7. The fraction of sp³-hybridized carbons (Fsp3) is 0.471. The summed E-state index contributed by atoms with van der Waals surface area (Å²) in [6.07, 6.45) is 2.18. The molecule has 0 atom stereocenters. The van der Waals surface area contributed by atoms with Gasteiger partial charge in [0.2, 0.25) is 27.7 Å². The van der Waals surface area contributed by atoms with Crippen LogP contribution in [0.25, 0.3) is 11.5 Å². The van der Waals surface area contributed by atoms with E-state index in [0.29, 0.717) is 43.5 Å². The van der Waals surface area contributed by atoms with Gasteiger partial charge < -0.3 is 14.5 Å². The number of methoxy groups -OCH3 is 1. The third kappa shape index (κ3) is 4.83. The average molecular weight is 394 g/mol. The maximum atomic E-state index is 12.3. The standard InChI is InChI=1S/C17H22N4O5S/c1-25-14-5-3-4-13(10-14)17-20-19-15(26-17)11-18-16(22)12-6-8-21(9-7-12)27(2,23)24/h3-5,10,12H,6-9,11H2,1-2H3,(H,18,22). The van der Waals surface area contributed by atoms with E-state index in [0.717, 1.165) is 5.56 Å². The van der Waals surface area contributed by atoms with Gasteiger partial charge in [-0.3, -0.25) is 4.79 Å². The summed E-state index contributed by atoms with van der Waals surface area (Å²) in [5.74, 6) is 0.975. The number of benzene rings is 1. The smallest absolute Gasteiger partial charge is 0.247 e. The Labute approximate surface area is 157 Å². The Balaban J connectivity index is 1.53. The van der Waals surface area contributed by atoms with Crippen LogP contribution in [0.1, 0.15) is 18.7 Å². The van der Waals surface area contributed by atoms with Crippen molar-refractivity contribution in [3.05, 3.63) is 30.2 Å². The molecule has 1 saturated heterocycles. The molecule has 2 aromatic rings. The number of ether oxygens (including phenoxy) is 1. The lowest BCUT2D eigenvalue weighted by atomic mass is 9.97. The SMILES string of the molecule is COc1cccc(-c2nnc(CNC(=O)C3CCN(S(C)(=O)=O)CC3)o2)c1. The van der Waals surface area contributed by atoms with Gasteiger partial charge in [-0.05, 0) is 31.0 Å². The maximum absolute atomic E-state index is 12.3. The van der Waals surface area contributed by atoms with Crippen molar-refractivity contribution >= 4 is 15.9 Å². The molecule has 0 unspecified atom stereocenters. The molecule has 1 aromatic heterocycles. The van der Waals surface area contributed by atoms with E-state index in [4.69, 9.17) is 9.15 Å². The van der Waals surface area contributed by atoms with Crippen molar-refractivity contribution in [3.63, 3.8) is 0 Å². The van der Waals surface area contributed by atoms with Gasteiger partial charge in [-0.15, -0.1) is 10.2 Å². The molecule has 0 bridgehead atoms. The molecule has 146 valence electrons. The van der Waals surface area contributed by atoms with Gasteiger partial charge in [-0.2, -0.15) is 0 Å². The molecule has 1 aromatic carbocycles. The number of hydrogen-bond acceptors (Lipinski definition) is 7. The van der Waals surface area contributed by atoms with Gasteiger partial charge in [0.1, 0.15) is 5.75 Å².